The van der Waals surface area contributed by atoms with Crippen molar-refractivity contribution in [2.24, 2.45) is 23.0 Å². The minimum atomic E-state index is -0.0636. The van der Waals surface area contributed by atoms with Gasteiger partial charge >= 0.3 is 0 Å². The number of rotatable bonds is 3. The van der Waals surface area contributed by atoms with Gasteiger partial charge in [0.15, 0.2) is 0 Å². The van der Waals surface area contributed by atoms with Gasteiger partial charge < -0.3 is 11.1 Å². The largest absolute Gasteiger partial charge is 0.350 e. The van der Waals surface area contributed by atoms with E-state index in [1.54, 1.807) is 6.20 Å². The number of pyridine rings is 1. The molecule has 1 amide bonds. The third kappa shape index (κ3) is 3.01. The van der Waals surface area contributed by atoms with Crippen LogP contribution in [0.2, 0.25) is 0 Å². The number of nitrogens with zero attached hydrogens (tertiary/aromatic N) is 1. The quantitative estimate of drug-likeness (QED) is 0.887. The van der Waals surface area contributed by atoms with E-state index in [-0.39, 0.29) is 23.3 Å². The van der Waals surface area contributed by atoms with Crippen molar-refractivity contribution in [3.8, 4) is 0 Å². The maximum atomic E-state index is 12.5. The van der Waals surface area contributed by atoms with Gasteiger partial charge in [-0.05, 0) is 36.3 Å². The number of hydrogen-bond donors (Lipinski definition) is 2. The highest BCUT2D eigenvalue weighted by atomic mass is 16.1. The summed E-state index contributed by atoms with van der Waals surface area (Å²) in [5.74, 6) is 0.502. The van der Waals surface area contributed by atoms with Gasteiger partial charge in [-0.2, -0.15) is 0 Å². The van der Waals surface area contributed by atoms with Gasteiger partial charge in [-0.25, -0.2) is 0 Å². The molecule has 0 bridgehead atoms. The highest BCUT2D eigenvalue weighted by Crippen LogP contribution is 2.44. The molecule has 1 aromatic rings. The third-order valence-electron chi connectivity index (χ3n) is 4.99. The van der Waals surface area contributed by atoms with E-state index in [9.17, 15) is 4.79 Å². The Labute approximate surface area is 121 Å². The molecule has 4 nitrogen and oxygen atoms in total. The number of amides is 1. The molecule has 1 aliphatic carbocycles. The second-order valence-corrected chi connectivity index (χ2v) is 6.44. The van der Waals surface area contributed by atoms with Crippen LogP contribution in [0.4, 0.5) is 0 Å². The SMILES string of the molecule is CC1C(N)CCC(C(=O)NCc2ccccn2)C1(C)C. The monoisotopic (exact) mass is 275 g/mol. The third-order valence-corrected chi connectivity index (χ3v) is 4.99. The number of hydrogen-bond acceptors (Lipinski definition) is 3. The molecule has 2 rings (SSSR count). The first kappa shape index (κ1) is 15.0. The van der Waals surface area contributed by atoms with Crippen LogP contribution < -0.4 is 11.1 Å². The molecule has 0 radical (unpaired) electrons. The van der Waals surface area contributed by atoms with Crippen LogP contribution in [0.5, 0.6) is 0 Å². The van der Waals surface area contributed by atoms with Crippen LogP contribution in [-0.4, -0.2) is 16.9 Å². The summed E-state index contributed by atoms with van der Waals surface area (Å²) >= 11 is 0. The fraction of sp³-hybridized carbons (Fsp3) is 0.625. The molecule has 0 aliphatic heterocycles. The molecular formula is C16H25N3O. The van der Waals surface area contributed by atoms with Gasteiger partial charge in [0.25, 0.3) is 0 Å². The molecule has 0 saturated heterocycles. The van der Waals surface area contributed by atoms with Crippen molar-refractivity contribution >= 4 is 5.91 Å². The zero-order valence-corrected chi connectivity index (χ0v) is 12.6. The van der Waals surface area contributed by atoms with Crippen LogP contribution in [-0.2, 0) is 11.3 Å². The summed E-state index contributed by atoms with van der Waals surface area (Å²) in [6.45, 7) is 6.96. The van der Waals surface area contributed by atoms with Crippen LogP contribution in [0, 0.1) is 17.3 Å². The molecule has 4 heteroatoms. The lowest BCUT2D eigenvalue weighted by Gasteiger charge is -2.46. The molecule has 1 heterocycles. The lowest BCUT2D eigenvalue weighted by Crippen LogP contribution is -2.51. The van der Waals surface area contributed by atoms with E-state index in [0.29, 0.717) is 12.5 Å². The van der Waals surface area contributed by atoms with E-state index < -0.39 is 0 Å². The summed E-state index contributed by atoms with van der Waals surface area (Å²) in [5, 5.41) is 3.02. The predicted molar refractivity (Wildman–Crippen MR) is 79.7 cm³/mol. The molecule has 3 N–H and O–H groups in total. The normalized spacial score (nSPS) is 28.9. The van der Waals surface area contributed by atoms with E-state index in [2.05, 4.69) is 31.1 Å². The molecule has 1 aromatic heterocycles. The molecule has 1 saturated carbocycles. The summed E-state index contributed by atoms with van der Waals surface area (Å²) < 4.78 is 0. The Kier molecular flexibility index (Phi) is 4.43. The van der Waals surface area contributed by atoms with Gasteiger partial charge in [0.2, 0.25) is 5.91 Å². The molecule has 0 spiro atoms. The maximum absolute atomic E-state index is 12.5. The zero-order chi connectivity index (χ0) is 14.8. The van der Waals surface area contributed by atoms with E-state index in [1.807, 2.05) is 18.2 Å². The van der Waals surface area contributed by atoms with Gasteiger partial charge in [-0.15, -0.1) is 0 Å². The second kappa shape index (κ2) is 5.92. The van der Waals surface area contributed by atoms with Gasteiger partial charge in [0.1, 0.15) is 0 Å². The van der Waals surface area contributed by atoms with Gasteiger partial charge in [0, 0.05) is 18.2 Å². The van der Waals surface area contributed by atoms with Gasteiger partial charge in [-0.3, -0.25) is 9.78 Å². The van der Waals surface area contributed by atoms with Crippen molar-refractivity contribution in [2.45, 2.75) is 46.2 Å². The standard InChI is InChI=1S/C16H25N3O/c1-11-14(17)8-7-13(16(11,2)3)15(20)19-10-12-6-4-5-9-18-12/h4-6,9,11,13-14H,7-8,10,17H2,1-3H3,(H,19,20). The number of nitrogens with two attached hydrogens (primary N) is 1. The van der Waals surface area contributed by atoms with Crippen molar-refractivity contribution in [3.63, 3.8) is 0 Å². The highest BCUT2D eigenvalue weighted by Gasteiger charge is 2.44. The summed E-state index contributed by atoms with van der Waals surface area (Å²) in [6.07, 6.45) is 3.53. The summed E-state index contributed by atoms with van der Waals surface area (Å²) in [7, 11) is 0. The molecule has 3 atom stereocenters. The number of carbonyl (C=O) groups excluding carboxylic acids is 1. The van der Waals surface area contributed by atoms with Crippen molar-refractivity contribution in [2.75, 3.05) is 0 Å². The van der Waals surface area contributed by atoms with E-state index in [0.717, 1.165) is 18.5 Å². The Morgan fingerprint density at radius 2 is 2.20 bits per heavy atom. The molecule has 0 aromatic carbocycles. The lowest BCUT2D eigenvalue weighted by molar-refractivity contribution is -0.132. The first-order chi connectivity index (χ1) is 9.43. The number of nitrogens with one attached hydrogen (secondary N) is 1. The van der Waals surface area contributed by atoms with Crippen LogP contribution in [0.1, 0.15) is 39.3 Å². The van der Waals surface area contributed by atoms with Crippen molar-refractivity contribution < 1.29 is 4.79 Å². The van der Waals surface area contributed by atoms with E-state index in [4.69, 9.17) is 5.73 Å². The average molecular weight is 275 g/mol. The molecule has 3 unspecified atom stereocenters. The molecular weight excluding hydrogens is 250 g/mol. The fourth-order valence-corrected chi connectivity index (χ4v) is 3.12. The van der Waals surface area contributed by atoms with Gasteiger partial charge in [-0.1, -0.05) is 26.8 Å². The van der Waals surface area contributed by atoms with E-state index in [1.165, 1.54) is 0 Å². The predicted octanol–water partition coefficient (Wildman–Crippen LogP) is 2.10. The van der Waals surface area contributed by atoms with Crippen LogP contribution in [0.25, 0.3) is 0 Å². The van der Waals surface area contributed by atoms with Crippen LogP contribution in [0.3, 0.4) is 0 Å². The molecule has 1 fully saturated rings. The first-order valence-corrected chi connectivity index (χ1v) is 7.36. The summed E-state index contributed by atoms with van der Waals surface area (Å²) in [4.78, 5) is 16.7. The first-order valence-electron chi connectivity index (χ1n) is 7.36. The molecule has 110 valence electrons. The Bertz CT molecular complexity index is 458. The Morgan fingerprint density at radius 3 is 2.85 bits per heavy atom. The minimum absolute atomic E-state index is 0.0287. The number of aromatic nitrogens is 1. The van der Waals surface area contributed by atoms with Crippen molar-refractivity contribution in [1.29, 1.82) is 0 Å². The fourth-order valence-electron chi connectivity index (χ4n) is 3.12. The molecule has 20 heavy (non-hydrogen) atoms. The second-order valence-electron chi connectivity index (χ2n) is 6.44. The Balaban J connectivity index is 1.98. The van der Waals surface area contributed by atoms with Crippen LogP contribution in [0.15, 0.2) is 24.4 Å². The van der Waals surface area contributed by atoms with Gasteiger partial charge in [0.05, 0.1) is 12.2 Å². The van der Waals surface area contributed by atoms with E-state index >= 15 is 0 Å². The van der Waals surface area contributed by atoms with Crippen molar-refractivity contribution in [1.82, 2.24) is 10.3 Å². The summed E-state index contributed by atoms with van der Waals surface area (Å²) in [5.41, 5.74) is 6.96. The lowest BCUT2D eigenvalue weighted by atomic mass is 9.61. The van der Waals surface area contributed by atoms with Crippen molar-refractivity contribution in [3.05, 3.63) is 30.1 Å². The topological polar surface area (TPSA) is 68.0 Å². The molecule has 1 aliphatic rings. The smallest absolute Gasteiger partial charge is 0.223 e. The Morgan fingerprint density at radius 1 is 1.45 bits per heavy atom. The zero-order valence-electron chi connectivity index (χ0n) is 12.6. The van der Waals surface area contributed by atoms with Crippen LogP contribution >= 0.6 is 0 Å². The maximum Gasteiger partial charge on any atom is 0.223 e. The summed E-state index contributed by atoms with van der Waals surface area (Å²) in [6, 6.07) is 5.92. The number of carbonyl (C=O) groups is 1. The Hall–Kier alpha value is -1.42. The minimum Gasteiger partial charge on any atom is -0.350 e. The highest BCUT2D eigenvalue weighted by molar-refractivity contribution is 5.79. The average Bonchev–Trinajstić information content (AvgIpc) is 2.43.